The van der Waals surface area contributed by atoms with Gasteiger partial charge < -0.3 is 80.2 Å². The zero-order chi connectivity index (χ0) is 25.8. The van der Waals surface area contributed by atoms with E-state index in [4.69, 9.17) is 44.8 Å². The van der Waals surface area contributed by atoms with Crippen LogP contribution in [0.3, 0.4) is 0 Å². The quantitative estimate of drug-likeness (QED) is 0.160. The molecule has 0 unspecified atom stereocenters. The third-order valence-electron chi connectivity index (χ3n) is 5.72. The minimum atomic E-state index is -2.22. The Morgan fingerprint density at radius 2 is 1.21 bits per heavy atom. The highest BCUT2D eigenvalue weighted by molar-refractivity contribution is 4.98. The first-order valence-electron chi connectivity index (χ1n) is 10.4. The zero-order valence-corrected chi connectivity index (χ0v) is 17.8. The van der Waals surface area contributed by atoms with E-state index in [0.29, 0.717) is 0 Å². The molecule has 0 amide bonds. The summed E-state index contributed by atoms with van der Waals surface area (Å²) in [5, 5.41) is 112. The molecule has 0 aromatic rings. The van der Waals surface area contributed by atoms with Crippen LogP contribution in [0.1, 0.15) is 0 Å². The molecule has 1 radical (unpaired) electrons. The highest BCUT2D eigenvalue weighted by Gasteiger charge is 2.58. The third kappa shape index (κ3) is 6.01. The van der Waals surface area contributed by atoms with Crippen LogP contribution in [0.5, 0.6) is 0 Å². The van der Waals surface area contributed by atoms with E-state index in [2.05, 4.69) is 4.74 Å². The summed E-state index contributed by atoms with van der Waals surface area (Å²) in [5.74, 6) is -2.22. The highest BCUT2D eigenvalue weighted by atomic mass is 16.8. The SMILES string of the molecule is OC[C@H]1O[C@@](CO)(O[C@H]2O[C@H](CO)[C@@H](O)[C@H](O)[C@H]2O)[C@@H](O)[C@@H]1O.OC[C@H]1O[CH][C@H](O)[C@@H](O)[C@@H]1O. The lowest BCUT2D eigenvalue weighted by Gasteiger charge is -2.43. The maximum absolute atomic E-state index is 10.00. The number of aliphatic hydroxyl groups excluding tert-OH is 12. The van der Waals surface area contributed by atoms with Crippen LogP contribution in [-0.4, -0.2) is 167 Å². The molecule has 12 N–H and O–H groups in total. The minimum Gasteiger partial charge on any atom is -0.394 e. The van der Waals surface area contributed by atoms with Gasteiger partial charge in [-0.3, -0.25) is 0 Å². The summed E-state index contributed by atoms with van der Waals surface area (Å²) < 4.78 is 20.1. The number of ether oxygens (including phenoxy) is 4. The fourth-order valence-electron chi connectivity index (χ4n) is 3.55. The fraction of sp³-hybridized carbons (Fsp3) is 0.944. The molecule has 3 aliphatic heterocycles. The molecule has 0 bridgehead atoms. The first-order chi connectivity index (χ1) is 16.0. The molecule has 3 heterocycles. The molecule has 3 rings (SSSR count). The third-order valence-corrected chi connectivity index (χ3v) is 5.72. The number of rotatable bonds is 6. The maximum Gasteiger partial charge on any atom is 0.224 e. The van der Waals surface area contributed by atoms with Crippen molar-refractivity contribution in [1.82, 2.24) is 0 Å². The van der Waals surface area contributed by atoms with E-state index < -0.39 is 99.0 Å². The predicted octanol–water partition coefficient (Wildman–Crippen LogP) is -7.77. The molecule has 0 aromatic heterocycles. The Labute approximate surface area is 193 Å². The average Bonchev–Trinajstić information content (AvgIpc) is 3.08. The second kappa shape index (κ2) is 12.5. The normalized spacial score (nSPS) is 49.4. The van der Waals surface area contributed by atoms with Crippen molar-refractivity contribution in [3.8, 4) is 0 Å². The molecule has 13 atom stereocenters. The lowest BCUT2D eigenvalue weighted by Crippen LogP contribution is -2.62. The predicted molar refractivity (Wildman–Crippen MR) is 103 cm³/mol. The van der Waals surface area contributed by atoms with Gasteiger partial charge in [-0.1, -0.05) is 0 Å². The maximum atomic E-state index is 10.00. The first-order valence-corrected chi connectivity index (χ1v) is 10.4. The average molecular weight is 505 g/mol. The summed E-state index contributed by atoms with van der Waals surface area (Å²) in [6, 6.07) is 0. The van der Waals surface area contributed by atoms with Crippen molar-refractivity contribution in [2.45, 2.75) is 79.2 Å². The molecule has 0 saturated carbocycles. The summed E-state index contributed by atoms with van der Waals surface area (Å²) in [5.41, 5.74) is 0. The van der Waals surface area contributed by atoms with Crippen molar-refractivity contribution in [1.29, 1.82) is 0 Å². The van der Waals surface area contributed by atoms with Crippen molar-refractivity contribution < 1.29 is 80.2 Å². The van der Waals surface area contributed by atoms with Gasteiger partial charge in [-0.05, 0) is 0 Å². The zero-order valence-electron chi connectivity index (χ0n) is 17.8. The van der Waals surface area contributed by atoms with Crippen LogP contribution >= 0.6 is 0 Å². The van der Waals surface area contributed by atoms with E-state index in [0.717, 1.165) is 6.61 Å². The van der Waals surface area contributed by atoms with E-state index in [1.54, 1.807) is 0 Å². The highest BCUT2D eigenvalue weighted by Crippen LogP contribution is 2.35. The number of hydrogen-bond donors (Lipinski definition) is 12. The Morgan fingerprint density at radius 1 is 0.647 bits per heavy atom. The van der Waals surface area contributed by atoms with E-state index >= 15 is 0 Å². The lowest BCUT2D eigenvalue weighted by molar-refractivity contribution is -0.383. The van der Waals surface area contributed by atoms with Crippen LogP contribution in [0.25, 0.3) is 0 Å². The molecule has 0 spiro atoms. The topological polar surface area (TPSA) is 280 Å². The van der Waals surface area contributed by atoms with Crippen molar-refractivity contribution in [3.05, 3.63) is 6.61 Å². The van der Waals surface area contributed by atoms with Crippen molar-refractivity contribution in [3.63, 3.8) is 0 Å². The summed E-state index contributed by atoms with van der Waals surface area (Å²) in [7, 11) is 0. The molecule has 3 aliphatic rings. The van der Waals surface area contributed by atoms with E-state index in [9.17, 15) is 30.6 Å². The molecule has 201 valence electrons. The lowest BCUT2D eigenvalue weighted by atomic mass is 9.99. The van der Waals surface area contributed by atoms with Gasteiger partial charge in [0.1, 0.15) is 80.4 Å². The summed E-state index contributed by atoms with van der Waals surface area (Å²) >= 11 is 0. The molecule has 0 aromatic carbocycles. The van der Waals surface area contributed by atoms with Crippen LogP contribution in [0, 0.1) is 6.61 Å². The van der Waals surface area contributed by atoms with E-state index in [-0.39, 0.29) is 6.61 Å². The number of aliphatic hydroxyl groups is 12. The van der Waals surface area contributed by atoms with Gasteiger partial charge in [0.05, 0.1) is 19.8 Å². The molecule has 16 nitrogen and oxygen atoms in total. The van der Waals surface area contributed by atoms with Crippen molar-refractivity contribution in [2.24, 2.45) is 0 Å². The van der Waals surface area contributed by atoms with E-state index in [1.165, 1.54) is 0 Å². The van der Waals surface area contributed by atoms with Gasteiger partial charge in [0, 0.05) is 0 Å². The van der Waals surface area contributed by atoms with Crippen LogP contribution in [-0.2, 0) is 18.9 Å². The minimum absolute atomic E-state index is 0.387. The summed E-state index contributed by atoms with van der Waals surface area (Å²) in [6.45, 7) is -1.71. The Bertz CT molecular complexity index is 609. The Kier molecular flexibility index (Phi) is 10.9. The molecule has 3 fully saturated rings. The van der Waals surface area contributed by atoms with Gasteiger partial charge >= 0.3 is 0 Å². The molecule has 16 heteroatoms. The van der Waals surface area contributed by atoms with Crippen molar-refractivity contribution >= 4 is 0 Å². The Balaban J connectivity index is 0.000000310. The Morgan fingerprint density at radius 3 is 1.71 bits per heavy atom. The molecule has 34 heavy (non-hydrogen) atoms. The van der Waals surface area contributed by atoms with Crippen molar-refractivity contribution in [2.75, 3.05) is 26.4 Å². The smallest absolute Gasteiger partial charge is 0.224 e. The van der Waals surface area contributed by atoms with Gasteiger partial charge in [0.2, 0.25) is 5.79 Å². The van der Waals surface area contributed by atoms with Gasteiger partial charge in [-0.2, -0.15) is 0 Å². The van der Waals surface area contributed by atoms with Gasteiger partial charge in [0.15, 0.2) is 6.29 Å². The van der Waals surface area contributed by atoms with Crippen LogP contribution in [0.15, 0.2) is 0 Å². The Hall–Kier alpha value is -0.640. The standard InChI is InChI=1S/C12H22O11.C6H11O5/c13-1-4-6(16)8(18)9(19)11(21-4)23-12(3-15)10(20)7(17)5(2-14)22-12;7-1-4-6(10)5(9)3(8)2-11-4/h4-11,13-20H,1-3H2;2-10H,1H2/t4-,5-,6-,7-,8+,9-,10+,11-,12+;3-,4+,5+,6+/m10/s1. The van der Waals surface area contributed by atoms with Crippen LogP contribution in [0.4, 0.5) is 0 Å². The van der Waals surface area contributed by atoms with Gasteiger partial charge in [-0.15, -0.1) is 0 Å². The first kappa shape index (κ1) is 29.6. The second-order valence-electron chi connectivity index (χ2n) is 8.02. The second-order valence-corrected chi connectivity index (χ2v) is 8.02. The van der Waals surface area contributed by atoms with Gasteiger partial charge in [-0.25, -0.2) is 0 Å². The molecular formula is C18H33O16. The summed E-state index contributed by atoms with van der Waals surface area (Å²) in [6.07, 6.45) is -17.2. The van der Waals surface area contributed by atoms with Gasteiger partial charge in [0.25, 0.3) is 0 Å². The molecule has 0 aliphatic carbocycles. The monoisotopic (exact) mass is 505 g/mol. The number of hydrogen-bond acceptors (Lipinski definition) is 16. The summed E-state index contributed by atoms with van der Waals surface area (Å²) in [4.78, 5) is 0. The molecule has 3 saturated heterocycles. The van der Waals surface area contributed by atoms with Crippen LogP contribution in [0.2, 0.25) is 0 Å². The fourth-order valence-corrected chi connectivity index (χ4v) is 3.55. The van der Waals surface area contributed by atoms with Crippen LogP contribution < -0.4 is 0 Å². The molecular weight excluding hydrogens is 472 g/mol. The largest absolute Gasteiger partial charge is 0.394 e. The van der Waals surface area contributed by atoms with E-state index in [1.807, 2.05) is 0 Å².